The highest BCUT2D eigenvalue weighted by atomic mass is 32.2. The molecular weight excluding hydrogens is 208 g/mol. The van der Waals surface area contributed by atoms with E-state index in [1.54, 1.807) is 20.8 Å². The Labute approximate surface area is 82.2 Å². The molecule has 0 fully saturated rings. The van der Waals surface area contributed by atoms with Gasteiger partial charge in [0.25, 0.3) is 10.0 Å². The molecule has 0 radical (unpaired) electrons. The van der Waals surface area contributed by atoms with E-state index in [4.69, 9.17) is 0 Å². The van der Waals surface area contributed by atoms with Crippen LogP contribution < -0.4 is 4.72 Å². The molecule has 0 bridgehead atoms. The van der Waals surface area contributed by atoms with E-state index in [2.05, 4.69) is 9.10 Å². The van der Waals surface area contributed by atoms with Crippen LogP contribution in [0.1, 0.15) is 20.8 Å². The molecule has 74 valence electrons. The maximum atomic E-state index is 11.6. The summed E-state index contributed by atoms with van der Waals surface area (Å²) in [7, 11) is -3.37. The summed E-state index contributed by atoms with van der Waals surface area (Å²) in [5.41, 5.74) is -0.456. The molecule has 0 saturated heterocycles. The molecule has 1 rings (SSSR count). The van der Waals surface area contributed by atoms with Gasteiger partial charge in [-0.2, -0.15) is 4.37 Å². The van der Waals surface area contributed by atoms with E-state index in [9.17, 15) is 8.42 Å². The van der Waals surface area contributed by atoms with Gasteiger partial charge in [0.15, 0.2) is 4.21 Å². The quantitative estimate of drug-likeness (QED) is 0.815. The summed E-state index contributed by atoms with van der Waals surface area (Å²) >= 11 is 0.970. The van der Waals surface area contributed by atoms with Gasteiger partial charge in [0.05, 0.1) is 0 Å². The van der Waals surface area contributed by atoms with Crippen LogP contribution >= 0.6 is 11.5 Å². The first-order chi connectivity index (χ1) is 5.81. The predicted octanol–water partition coefficient (Wildman–Crippen LogP) is 1.22. The minimum absolute atomic E-state index is 0.252. The second kappa shape index (κ2) is 3.36. The van der Waals surface area contributed by atoms with Crippen LogP contribution in [0, 0.1) is 0 Å². The molecular formula is C7H12N2O2S2. The van der Waals surface area contributed by atoms with Crippen molar-refractivity contribution in [1.29, 1.82) is 0 Å². The second-order valence-corrected chi connectivity index (χ2v) is 6.43. The van der Waals surface area contributed by atoms with Gasteiger partial charge >= 0.3 is 0 Å². The van der Waals surface area contributed by atoms with Crippen LogP contribution in [-0.4, -0.2) is 18.3 Å². The van der Waals surface area contributed by atoms with E-state index in [0.29, 0.717) is 0 Å². The van der Waals surface area contributed by atoms with Gasteiger partial charge < -0.3 is 0 Å². The van der Waals surface area contributed by atoms with Crippen molar-refractivity contribution in [2.45, 2.75) is 30.5 Å². The highest BCUT2D eigenvalue weighted by Gasteiger charge is 2.22. The van der Waals surface area contributed by atoms with Gasteiger partial charge in [0.1, 0.15) is 0 Å². The zero-order valence-electron chi connectivity index (χ0n) is 7.73. The molecule has 0 spiro atoms. The first-order valence-corrected chi connectivity index (χ1v) is 6.02. The van der Waals surface area contributed by atoms with E-state index in [1.165, 1.54) is 12.3 Å². The summed E-state index contributed by atoms with van der Waals surface area (Å²) in [6.07, 6.45) is 1.47. The van der Waals surface area contributed by atoms with Crippen molar-refractivity contribution in [1.82, 2.24) is 9.10 Å². The van der Waals surface area contributed by atoms with Crippen molar-refractivity contribution in [2.24, 2.45) is 0 Å². The Hall–Kier alpha value is -0.460. The van der Waals surface area contributed by atoms with Crippen molar-refractivity contribution >= 4 is 21.6 Å². The highest BCUT2D eigenvalue weighted by Crippen LogP contribution is 2.15. The standard InChI is InChI=1S/C7H12N2O2S2/c1-7(2,3)9-13(10,11)6-4-5-8-12-6/h4-5,9H,1-3H3. The average molecular weight is 220 g/mol. The van der Waals surface area contributed by atoms with Gasteiger partial charge in [-0.05, 0) is 38.4 Å². The van der Waals surface area contributed by atoms with E-state index >= 15 is 0 Å². The van der Waals surface area contributed by atoms with Crippen molar-refractivity contribution in [3.63, 3.8) is 0 Å². The number of nitrogens with zero attached hydrogens (tertiary/aromatic N) is 1. The Bertz CT molecular complexity index is 362. The van der Waals surface area contributed by atoms with Gasteiger partial charge in [-0.15, -0.1) is 0 Å². The predicted molar refractivity (Wildman–Crippen MR) is 52.2 cm³/mol. The highest BCUT2D eigenvalue weighted by molar-refractivity contribution is 7.91. The van der Waals surface area contributed by atoms with E-state index in [0.717, 1.165) is 11.5 Å². The number of sulfonamides is 1. The summed E-state index contributed by atoms with van der Waals surface area (Å²) < 4.78 is 29.7. The van der Waals surface area contributed by atoms with Crippen LogP contribution in [0.5, 0.6) is 0 Å². The lowest BCUT2D eigenvalue weighted by Crippen LogP contribution is -2.40. The van der Waals surface area contributed by atoms with E-state index in [-0.39, 0.29) is 4.21 Å². The van der Waals surface area contributed by atoms with Gasteiger partial charge in [-0.3, -0.25) is 0 Å². The zero-order valence-corrected chi connectivity index (χ0v) is 9.37. The molecule has 0 aliphatic carbocycles. The molecule has 1 N–H and O–H groups in total. The summed E-state index contributed by atoms with van der Waals surface area (Å²) in [5, 5.41) is 0. The second-order valence-electron chi connectivity index (χ2n) is 3.69. The first-order valence-electron chi connectivity index (χ1n) is 3.76. The van der Waals surface area contributed by atoms with Gasteiger partial charge in [-0.1, -0.05) is 0 Å². The van der Waals surface area contributed by atoms with Crippen LogP contribution in [0.15, 0.2) is 16.5 Å². The SMILES string of the molecule is CC(C)(C)NS(=O)(=O)c1ccns1. The number of hydrogen-bond acceptors (Lipinski definition) is 4. The Morgan fingerprint density at radius 1 is 1.46 bits per heavy atom. The molecule has 0 amide bonds. The summed E-state index contributed by atoms with van der Waals surface area (Å²) in [6, 6.07) is 1.48. The lowest BCUT2D eigenvalue weighted by Gasteiger charge is -2.19. The molecule has 0 saturated carbocycles. The minimum atomic E-state index is -3.37. The monoisotopic (exact) mass is 220 g/mol. The molecule has 0 unspecified atom stereocenters. The zero-order chi connectivity index (χ0) is 10.1. The largest absolute Gasteiger partial charge is 0.252 e. The third-order valence-corrected chi connectivity index (χ3v) is 4.09. The molecule has 4 nitrogen and oxygen atoms in total. The van der Waals surface area contributed by atoms with Gasteiger partial charge in [0, 0.05) is 11.7 Å². The normalized spacial score (nSPS) is 13.2. The Balaban J connectivity index is 2.93. The lowest BCUT2D eigenvalue weighted by molar-refractivity contribution is 0.492. The summed E-state index contributed by atoms with van der Waals surface area (Å²) in [5.74, 6) is 0. The van der Waals surface area contributed by atoms with E-state index < -0.39 is 15.6 Å². The smallest absolute Gasteiger partial charge is 0.206 e. The van der Waals surface area contributed by atoms with Crippen LogP contribution in [0.2, 0.25) is 0 Å². The van der Waals surface area contributed by atoms with Gasteiger partial charge in [0.2, 0.25) is 0 Å². The van der Waals surface area contributed by atoms with Crippen molar-refractivity contribution in [3.8, 4) is 0 Å². The number of hydrogen-bond donors (Lipinski definition) is 1. The molecule has 1 heterocycles. The molecule has 0 aliphatic heterocycles. The third kappa shape index (κ3) is 3.06. The maximum Gasteiger partial charge on any atom is 0.252 e. The number of nitrogens with one attached hydrogen (secondary N) is 1. The topological polar surface area (TPSA) is 59.1 Å². The van der Waals surface area contributed by atoms with Crippen LogP contribution in [-0.2, 0) is 10.0 Å². The van der Waals surface area contributed by atoms with E-state index in [1.807, 2.05) is 0 Å². The number of rotatable bonds is 2. The lowest BCUT2D eigenvalue weighted by atomic mass is 10.1. The van der Waals surface area contributed by atoms with Crippen molar-refractivity contribution in [2.75, 3.05) is 0 Å². The average Bonchev–Trinajstić information content (AvgIpc) is 2.29. The molecule has 1 aromatic heterocycles. The fourth-order valence-corrected chi connectivity index (χ4v) is 2.94. The molecule has 6 heteroatoms. The van der Waals surface area contributed by atoms with Crippen LogP contribution in [0.4, 0.5) is 0 Å². The van der Waals surface area contributed by atoms with Gasteiger partial charge in [-0.25, -0.2) is 13.1 Å². The molecule has 1 aromatic rings. The summed E-state index contributed by atoms with van der Waals surface area (Å²) in [6.45, 7) is 5.39. The molecule has 0 aromatic carbocycles. The van der Waals surface area contributed by atoms with Crippen molar-refractivity contribution in [3.05, 3.63) is 12.3 Å². The summed E-state index contributed by atoms with van der Waals surface area (Å²) in [4.78, 5) is 0. The first kappa shape index (κ1) is 10.6. The maximum absolute atomic E-state index is 11.6. The fraction of sp³-hybridized carbons (Fsp3) is 0.571. The number of aromatic nitrogens is 1. The Kier molecular flexibility index (Phi) is 2.74. The van der Waals surface area contributed by atoms with Crippen molar-refractivity contribution < 1.29 is 8.42 Å². The minimum Gasteiger partial charge on any atom is -0.206 e. The molecule has 0 aliphatic rings. The molecule has 0 atom stereocenters. The molecule has 13 heavy (non-hydrogen) atoms. The van der Waals surface area contributed by atoms with Crippen LogP contribution in [0.25, 0.3) is 0 Å². The Morgan fingerprint density at radius 3 is 2.46 bits per heavy atom. The Morgan fingerprint density at radius 2 is 2.08 bits per heavy atom. The third-order valence-electron chi connectivity index (χ3n) is 1.12. The van der Waals surface area contributed by atoms with Crippen LogP contribution in [0.3, 0.4) is 0 Å². The fourth-order valence-electron chi connectivity index (χ4n) is 0.796.